The largest absolute Gasteiger partial charge is 0.483 e. The first-order valence-corrected chi connectivity index (χ1v) is 6.07. The third kappa shape index (κ3) is 4.50. The molecule has 0 saturated carbocycles. The lowest BCUT2D eigenvalue weighted by molar-refractivity contribution is -0.123. The first-order chi connectivity index (χ1) is 9.06. The summed E-state index contributed by atoms with van der Waals surface area (Å²) in [6.07, 6.45) is 1.88. The second-order valence-electron chi connectivity index (χ2n) is 4.02. The number of aromatic carboxylic acids is 1. The lowest BCUT2D eigenvalue weighted by atomic mass is 10.1. The number of benzene rings is 1. The lowest BCUT2D eigenvalue weighted by Crippen LogP contribution is -2.29. The fourth-order valence-corrected chi connectivity index (χ4v) is 1.50. The minimum Gasteiger partial charge on any atom is -0.483 e. The van der Waals surface area contributed by atoms with Gasteiger partial charge in [0.25, 0.3) is 5.91 Å². The number of amides is 1. The number of anilines is 1. The van der Waals surface area contributed by atoms with Crippen molar-refractivity contribution in [2.45, 2.75) is 19.8 Å². The first kappa shape index (κ1) is 14.8. The van der Waals surface area contributed by atoms with Crippen molar-refractivity contribution in [3.63, 3.8) is 0 Å². The molecule has 0 aliphatic carbocycles. The van der Waals surface area contributed by atoms with E-state index in [9.17, 15) is 9.59 Å². The van der Waals surface area contributed by atoms with Gasteiger partial charge in [0.15, 0.2) is 6.61 Å². The van der Waals surface area contributed by atoms with Gasteiger partial charge in [-0.2, -0.15) is 0 Å². The number of carboxylic acids is 1. The molecule has 0 saturated heterocycles. The van der Waals surface area contributed by atoms with E-state index in [1.807, 2.05) is 6.92 Å². The van der Waals surface area contributed by atoms with Crippen LogP contribution in [0.25, 0.3) is 0 Å². The smallest absolute Gasteiger partial charge is 0.341 e. The molecule has 1 amide bonds. The second-order valence-corrected chi connectivity index (χ2v) is 4.02. The number of nitrogens with one attached hydrogen (secondary N) is 1. The Labute approximate surface area is 111 Å². The van der Waals surface area contributed by atoms with E-state index in [1.165, 1.54) is 12.1 Å². The second kappa shape index (κ2) is 7.25. The molecule has 6 heteroatoms. The molecular weight excluding hydrogens is 248 g/mol. The van der Waals surface area contributed by atoms with Gasteiger partial charge in [0.05, 0.1) is 0 Å². The van der Waals surface area contributed by atoms with Crippen molar-refractivity contribution in [3.05, 3.63) is 23.8 Å². The molecule has 0 aliphatic rings. The molecule has 1 rings (SSSR count). The third-order valence-corrected chi connectivity index (χ3v) is 2.48. The molecule has 0 aromatic heterocycles. The van der Waals surface area contributed by atoms with Crippen molar-refractivity contribution < 1.29 is 19.4 Å². The van der Waals surface area contributed by atoms with Crippen molar-refractivity contribution in [1.82, 2.24) is 5.32 Å². The highest BCUT2D eigenvalue weighted by Gasteiger charge is 2.15. The Kier molecular flexibility index (Phi) is 5.66. The van der Waals surface area contributed by atoms with Crippen LogP contribution in [-0.4, -0.2) is 30.1 Å². The predicted octanol–water partition coefficient (Wildman–Crippen LogP) is 1.26. The quantitative estimate of drug-likeness (QED) is 0.509. The molecule has 6 nitrogen and oxygen atoms in total. The van der Waals surface area contributed by atoms with Crippen molar-refractivity contribution in [1.29, 1.82) is 0 Å². The Morgan fingerprint density at radius 3 is 2.79 bits per heavy atom. The zero-order valence-corrected chi connectivity index (χ0v) is 10.8. The molecule has 0 fully saturated rings. The van der Waals surface area contributed by atoms with E-state index in [4.69, 9.17) is 15.6 Å². The number of ether oxygens (including phenoxy) is 1. The number of hydrogen-bond donors (Lipinski definition) is 3. The summed E-state index contributed by atoms with van der Waals surface area (Å²) >= 11 is 0. The maximum Gasteiger partial charge on any atom is 0.341 e. The van der Waals surface area contributed by atoms with Crippen molar-refractivity contribution >= 4 is 17.6 Å². The highest BCUT2D eigenvalue weighted by atomic mass is 16.5. The monoisotopic (exact) mass is 266 g/mol. The van der Waals surface area contributed by atoms with Crippen LogP contribution in [0.1, 0.15) is 30.1 Å². The number of carbonyl (C=O) groups excluding carboxylic acids is 1. The molecule has 4 N–H and O–H groups in total. The molecule has 19 heavy (non-hydrogen) atoms. The molecular formula is C13H18N2O4. The van der Waals surface area contributed by atoms with Crippen LogP contribution in [0.3, 0.4) is 0 Å². The van der Waals surface area contributed by atoms with Crippen molar-refractivity contribution in [2.75, 3.05) is 18.9 Å². The average Bonchev–Trinajstić information content (AvgIpc) is 2.36. The van der Waals surface area contributed by atoms with Gasteiger partial charge in [-0.05, 0) is 18.6 Å². The summed E-state index contributed by atoms with van der Waals surface area (Å²) in [7, 11) is 0. The van der Waals surface area contributed by atoms with Gasteiger partial charge in [-0.1, -0.05) is 19.4 Å². The Hall–Kier alpha value is -2.24. The zero-order valence-electron chi connectivity index (χ0n) is 10.8. The number of hydrogen-bond acceptors (Lipinski definition) is 4. The Morgan fingerprint density at radius 1 is 1.42 bits per heavy atom. The molecule has 0 aliphatic heterocycles. The van der Waals surface area contributed by atoms with Crippen LogP contribution in [-0.2, 0) is 4.79 Å². The van der Waals surface area contributed by atoms with Crippen LogP contribution in [0.15, 0.2) is 18.2 Å². The molecule has 0 atom stereocenters. The van der Waals surface area contributed by atoms with E-state index >= 15 is 0 Å². The first-order valence-electron chi connectivity index (χ1n) is 6.07. The normalized spacial score (nSPS) is 9.95. The van der Waals surface area contributed by atoms with E-state index in [2.05, 4.69) is 5.32 Å². The molecule has 0 bridgehead atoms. The molecule has 0 heterocycles. The topological polar surface area (TPSA) is 102 Å². The summed E-state index contributed by atoms with van der Waals surface area (Å²) < 4.78 is 5.20. The predicted molar refractivity (Wildman–Crippen MR) is 71.2 cm³/mol. The number of nitrogen functional groups attached to an aromatic ring is 1. The fourth-order valence-electron chi connectivity index (χ4n) is 1.50. The van der Waals surface area contributed by atoms with Gasteiger partial charge < -0.3 is 20.9 Å². The van der Waals surface area contributed by atoms with Gasteiger partial charge >= 0.3 is 5.97 Å². The third-order valence-electron chi connectivity index (χ3n) is 2.48. The Balaban J connectivity index is 2.60. The minimum absolute atomic E-state index is 0.0955. The van der Waals surface area contributed by atoms with Crippen LogP contribution in [0, 0.1) is 0 Å². The van der Waals surface area contributed by atoms with Gasteiger partial charge in [0, 0.05) is 12.2 Å². The minimum atomic E-state index is -1.18. The lowest BCUT2D eigenvalue weighted by Gasteiger charge is -2.10. The summed E-state index contributed by atoms with van der Waals surface area (Å²) in [6, 6.07) is 4.52. The summed E-state index contributed by atoms with van der Waals surface area (Å²) in [5.41, 5.74) is 5.55. The molecule has 1 aromatic rings. The van der Waals surface area contributed by atoms with Crippen molar-refractivity contribution in [2.24, 2.45) is 0 Å². The molecule has 1 aromatic carbocycles. The number of unbranched alkanes of at least 4 members (excludes halogenated alkanes) is 1. The van der Waals surface area contributed by atoms with Gasteiger partial charge in [-0.15, -0.1) is 0 Å². The van der Waals surface area contributed by atoms with Crippen LogP contribution < -0.4 is 15.8 Å². The van der Waals surface area contributed by atoms with Gasteiger partial charge in [0.1, 0.15) is 11.3 Å². The molecule has 0 spiro atoms. The maximum atomic E-state index is 11.4. The summed E-state index contributed by atoms with van der Waals surface area (Å²) in [5, 5.41) is 11.7. The summed E-state index contributed by atoms with van der Waals surface area (Å²) in [5.74, 6) is -1.37. The zero-order chi connectivity index (χ0) is 14.3. The molecule has 104 valence electrons. The van der Waals surface area contributed by atoms with Crippen molar-refractivity contribution in [3.8, 4) is 5.75 Å². The Morgan fingerprint density at radius 2 is 2.16 bits per heavy atom. The van der Waals surface area contributed by atoms with E-state index in [0.29, 0.717) is 6.54 Å². The van der Waals surface area contributed by atoms with Crippen LogP contribution in [0.2, 0.25) is 0 Å². The number of carboxylic acid groups (broad SMARTS) is 1. The van der Waals surface area contributed by atoms with Crippen LogP contribution in [0.4, 0.5) is 5.69 Å². The van der Waals surface area contributed by atoms with Gasteiger partial charge in [0.2, 0.25) is 0 Å². The van der Waals surface area contributed by atoms with E-state index < -0.39 is 5.97 Å². The number of nitrogens with two attached hydrogens (primary N) is 1. The van der Waals surface area contributed by atoms with E-state index in [0.717, 1.165) is 12.8 Å². The SMILES string of the molecule is CCCCNC(=O)COc1cccc(N)c1C(=O)O. The standard InChI is InChI=1S/C13H18N2O4/c1-2-3-7-15-11(16)8-19-10-6-4-5-9(14)12(10)13(17)18/h4-6H,2-3,7-8,14H2,1H3,(H,15,16)(H,17,18). The van der Waals surface area contributed by atoms with Gasteiger partial charge in [-0.25, -0.2) is 4.79 Å². The number of rotatable bonds is 7. The summed E-state index contributed by atoms with van der Waals surface area (Å²) in [6.45, 7) is 2.38. The van der Waals surface area contributed by atoms with Gasteiger partial charge in [-0.3, -0.25) is 4.79 Å². The van der Waals surface area contributed by atoms with E-state index in [1.54, 1.807) is 6.07 Å². The van der Waals surface area contributed by atoms with E-state index in [-0.39, 0.29) is 29.5 Å². The van der Waals surface area contributed by atoms with Crippen LogP contribution >= 0.6 is 0 Å². The number of carbonyl (C=O) groups is 2. The van der Waals surface area contributed by atoms with Crippen LogP contribution in [0.5, 0.6) is 5.75 Å². The molecule has 0 unspecified atom stereocenters. The maximum absolute atomic E-state index is 11.4. The summed E-state index contributed by atoms with van der Waals surface area (Å²) in [4.78, 5) is 22.5. The molecule has 0 radical (unpaired) electrons. The average molecular weight is 266 g/mol. The highest BCUT2D eigenvalue weighted by molar-refractivity contribution is 5.96. The highest BCUT2D eigenvalue weighted by Crippen LogP contribution is 2.24. The Bertz CT molecular complexity index is 460. The fraction of sp³-hybridized carbons (Fsp3) is 0.385.